The number of halogens is 3. The molecule has 1 aliphatic heterocycles. The predicted octanol–water partition coefficient (Wildman–Crippen LogP) is 2.56. The highest BCUT2D eigenvalue weighted by Gasteiger charge is 2.31. The molecule has 0 fully saturated rings. The van der Waals surface area contributed by atoms with Crippen molar-refractivity contribution in [1.82, 2.24) is 9.55 Å². The Balaban J connectivity index is 1.72. The Bertz CT molecular complexity index is 704. The van der Waals surface area contributed by atoms with E-state index in [4.69, 9.17) is 4.74 Å². The van der Waals surface area contributed by atoms with Gasteiger partial charge in [0.15, 0.2) is 0 Å². The fourth-order valence-electron chi connectivity index (χ4n) is 2.16. The highest BCUT2D eigenvalue weighted by molar-refractivity contribution is 6.02. The predicted molar refractivity (Wildman–Crippen MR) is 73.0 cm³/mol. The second-order valence-electron chi connectivity index (χ2n) is 4.82. The van der Waals surface area contributed by atoms with Crippen LogP contribution in [0.25, 0.3) is 0 Å². The van der Waals surface area contributed by atoms with E-state index < -0.39 is 18.0 Å². The number of nitrogens with one attached hydrogen (secondary N) is 1. The molecule has 0 aliphatic carbocycles. The summed E-state index contributed by atoms with van der Waals surface area (Å²) in [5.41, 5.74) is 0.353. The van der Waals surface area contributed by atoms with Crippen LogP contribution in [0, 0.1) is 0 Å². The van der Waals surface area contributed by atoms with Crippen LogP contribution in [0.3, 0.4) is 0 Å². The largest absolute Gasteiger partial charge is 0.573 e. The summed E-state index contributed by atoms with van der Waals surface area (Å²) in [5, 5.41) is 2.49. The minimum atomic E-state index is -4.79. The van der Waals surface area contributed by atoms with Gasteiger partial charge in [0.05, 0.1) is 6.61 Å². The van der Waals surface area contributed by atoms with Gasteiger partial charge in [-0.1, -0.05) is 6.07 Å². The summed E-state index contributed by atoms with van der Waals surface area (Å²) in [6, 6.07) is 5.04. The van der Waals surface area contributed by atoms with Gasteiger partial charge in [-0.3, -0.25) is 4.79 Å². The minimum Gasteiger partial charge on any atom is -0.406 e. The number of fused-ring (bicyclic) bond motifs is 1. The van der Waals surface area contributed by atoms with Crippen molar-refractivity contribution >= 4 is 11.6 Å². The molecule has 0 bridgehead atoms. The number of carbonyl (C=O) groups is 1. The number of amides is 1. The van der Waals surface area contributed by atoms with Gasteiger partial charge in [0.2, 0.25) is 0 Å². The van der Waals surface area contributed by atoms with E-state index in [0.29, 0.717) is 25.6 Å². The number of imidazole rings is 1. The monoisotopic (exact) mass is 327 g/mol. The molecule has 1 amide bonds. The minimum absolute atomic E-state index is 0.174. The van der Waals surface area contributed by atoms with E-state index in [-0.39, 0.29) is 11.4 Å². The number of aromatic nitrogens is 2. The van der Waals surface area contributed by atoms with Crippen LogP contribution in [0.1, 0.15) is 16.3 Å². The van der Waals surface area contributed by atoms with Crippen LogP contribution in [0.2, 0.25) is 0 Å². The molecule has 0 atom stereocenters. The quantitative estimate of drug-likeness (QED) is 0.941. The highest BCUT2D eigenvalue weighted by atomic mass is 19.4. The zero-order valence-corrected chi connectivity index (χ0v) is 11.8. The summed E-state index contributed by atoms with van der Waals surface area (Å²) < 4.78 is 47.4. The van der Waals surface area contributed by atoms with Crippen molar-refractivity contribution in [2.45, 2.75) is 19.5 Å². The fourth-order valence-corrected chi connectivity index (χ4v) is 2.16. The maximum atomic E-state index is 12.2. The summed E-state index contributed by atoms with van der Waals surface area (Å²) in [6.45, 7) is 1.47. The zero-order valence-electron chi connectivity index (χ0n) is 11.8. The molecule has 1 N–H and O–H groups in total. The normalized spacial score (nSPS) is 14.2. The van der Waals surface area contributed by atoms with Crippen LogP contribution in [-0.4, -0.2) is 28.4 Å². The number of hydrogen-bond donors (Lipinski definition) is 1. The molecule has 0 spiro atoms. The smallest absolute Gasteiger partial charge is 0.406 e. The second-order valence-corrected chi connectivity index (χ2v) is 4.82. The third-order valence-electron chi connectivity index (χ3n) is 3.12. The Kier molecular flexibility index (Phi) is 3.95. The molecule has 9 heteroatoms. The Morgan fingerprint density at radius 2 is 2.22 bits per heavy atom. The number of nitrogens with zero attached hydrogens (tertiary/aromatic N) is 2. The standard InChI is InChI=1S/C14H12F3N3O3/c15-14(16,17)23-10-3-1-2-9(6-10)18-13(21)11-7-20-4-5-22-8-12(20)19-11/h1-3,6-7H,4-5,8H2,(H,18,21). The lowest BCUT2D eigenvalue weighted by Crippen LogP contribution is -2.17. The van der Waals surface area contributed by atoms with Crippen LogP contribution >= 0.6 is 0 Å². The molecule has 0 unspecified atom stereocenters. The summed E-state index contributed by atoms with van der Waals surface area (Å²) in [5.74, 6) is -0.292. The molecule has 23 heavy (non-hydrogen) atoms. The third kappa shape index (κ3) is 3.81. The molecule has 2 heterocycles. The molecule has 1 aromatic carbocycles. The molecule has 1 aliphatic rings. The van der Waals surface area contributed by atoms with Crippen LogP contribution < -0.4 is 10.1 Å². The van der Waals surface area contributed by atoms with E-state index in [2.05, 4.69) is 15.0 Å². The first-order chi connectivity index (χ1) is 10.9. The zero-order chi connectivity index (χ0) is 16.4. The van der Waals surface area contributed by atoms with Crippen LogP contribution in [0.5, 0.6) is 5.75 Å². The first-order valence-electron chi connectivity index (χ1n) is 6.72. The van der Waals surface area contributed by atoms with Gasteiger partial charge in [-0.2, -0.15) is 0 Å². The summed E-state index contributed by atoms with van der Waals surface area (Å²) >= 11 is 0. The van der Waals surface area contributed by atoms with E-state index in [1.54, 1.807) is 6.20 Å². The maximum absolute atomic E-state index is 12.2. The number of ether oxygens (including phenoxy) is 2. The first-order valence-corrected chi connectivity index (χ1v) is 6.72. The van der Waals surface area contributed by atoms with E-state index in [1.807, 2.05) is 4.57 Å². The van der Waals surface area contributed by atoms with Crippen LogP contribution in [0.15, 0.2) is 30.5 Å². The number of alkyl halides is 3. The van der Waals surface area contributed by atoms with E-state index in [0.717, 1.165) is 12.1 Å². The van der Waals surface area contributed by atoms with Gasteiger partial charge >= 0.3 is 6.36 Å². The number of anilines is 1. The molecule has 6 nitrogen and oxygen atoms in total. The van der Waals surface area contributed by atoms with Gasteiger partial charge in [-0.25, -0.2) is 4.98 Å². The molecular weight excluding hydrogens is 315 g/mol. The van der Waals surface area contributed by atoms with Crippen molar-refractivity contribution < 1.29 is 27.4 Å². The van der Waals surface area contributed by atoms with Gasteiger partial charge in [0.25, 0.3) is 5.91 Å². The first kappa shape index (κ1) is 15.3. The van der Waals surface area contributed by atoms with Crippen molar-refractivity contribution in [3.8, 4) is 5.75 Å². The third-order valence-corrected chi connectivity index (χ3v) is 3.12. The van der Waals surface area contributed by atoms with E-state index in [9.17, 15) is 18.0 Å². The number of benzene rings is 1. The Morgan fingerprint density at radius 1 is 1.39 bits per heavy atom. The molecule has 2 aromatic rings. The van der Waals surface area contributed by atoms with Gasteiger partial charge in [0.1, 0.15) is 23.9 Å². The number of carbonyl (C=O) groups excluding carboxylic acids is 1. The van der Waals surface area contributed by atoms with E-state index >= 15 is 0 Å². The molecule has 0 saturated heterocycles. The molecular formula is C14H12F3N3O3. The van der Waals surface area contributed by atoms with Crippen molar-refractivity contribution in [2.75, 3.05) is 11.9 Å². The van der Waals surface area contributed by atoms with Crippen LogP contribution in [-0.2, 0) is 17.9 Å². The second kappa shape index (κ2) is 5.92. The van der Waals surface area contributed by atoms with Crippen molar-refractivity contribution in [2.24, 2.45) is 0 Å². The van der Waals surface area contributed by atoms with Crippen molar-refractivity contribution in [3.05, 3.63) is 42.0 Å². The topological polar surface area (TPSA) is 65.4 Å². The Morgan fingerprint density at radius 3 is 2.96 bits per heavy atom. The van der Waals surface area contributed by atoms with Gasteiger partial charge in [0, 0.05) is 24.5 Å². The molecule has 0 saturated carbocycles. The lowest BCUT2D eigenvalue weighted by atomic mass is 10.3. The Hall–Kier alpha value is -2.55. The van der Waals surface area contributed by atoms with Crippen LogP contribution in [0.4, 0.5) is 18.9 Å². The van der Waals surface area contributed by atoms with Crippen molar-refractivity contribution in [1.29, 1.82) is 0 Å². The lowest BCUT2D eigenvalue weighted by Gasteiger charge is -2.13. The average molecular weight is 327 g/mol. The SMILES string of the molecule is O=C(Nc1cccc(OC(F)(F)F)c1)c1cn2c(n1)COCC2. The molecule has 3 rings (SSSR count). The fraction of sp³-hybridized carbons (Fsp3) is 0.286. The van der Waals surface area contributed by atoms with Gasteiger partial charge < -0.3 is 19.4 Å². The molecule has 0 radical (unpaired) electrons. The summed E-state index contributed by atoms with van der Waals surface area (Å²) in [7, 11) is 0. The average Bonchev–Trinajstić information content (AvgIpc) is 2.90. The maximum Gasteiger partial charge on any atom is 0.573 e. The summed E-state index contributed by atoms with van der Waals surface area (Å²) in [6.07, 6.45) is -3.20. The summed E-state index contributed by atoms with van der Waals surface area (Å²) in [4.78, 5) is 16.3. The molecule has 122 valence electrons. The van der Waals surface area contributed by atoms with E-state index in [1.165, 1.54) is 12.1 Å². The lowest BCUT2D eigenvalue weighted by molar-refractivity contribution is -0.274. The number of hydrogen-bond acceptors (Lipinski definition) is 4. The van der Waals surface area contributed by atoms with Crippen molar-refractivity contribution in [3.63, 3.8) is 0 Å². The Labute approximate surface area is 128 Å². The molecule has 1 aromatic heterocycles. The van der Waals surface area contributed by atoms with Gasteiger partial charge in [-0.05, 0) is 12.1 Å². The highest BCUT2D eigenvalue weighted by Crippen LogP contribution is 2.25. The number of rotatable bonds is 3. The van der Waals surface area contributed by atoms with Gasteiger partial charge in [-0.15, -0.1) is 13.2 Å².